The van der Waals surface area contributed by atoms with E-state index < -0.39 is 21.2 Å². The minimum atomic E-state index is -3.76. The Morgan fingerprint density at radius 1 is 1.47 bits per heavy atom. The van der Waals surface area contributed by atoms with Crippen molar-refractivity contribution in [1.29, 1.82) is 0 Å². The van der Waals surface area contributed by atoms with E-state index in [9.17, 15) is 13.2 Å². The molecule has 2 N–H and O–H groups in total. The van der Waals surface area contributed by atoms with Crippen LogP contribution in [-0.2, 0) is 14.8 Å². The number of aliphatic carboxylic acids is 1. The number of sulfonamides is 1. The lowest BCUT2D eigenvalue weighted by molar-refractivity contribution is -0.136. The lowest BCUT2D eigenvalue weighted by Gasteiger charge is -2.27. The van der Waals surface area contributed by atoms with Crippen LogP contribution in [0, 0.1) is 0 Å². The molecule has 0 aromatic carbocycles. The van der Waals surface area contributed by atoms with E-state index >= 15 is 0 Å². The molecule has 5 nitrogen and oxygen atoms in total. The summed E-state index contributed by atoms with van der Waals surface area (Å²) in [5.74, 6) is -1.32. The third-order valence-electron chi connectivity index (χ3n) is 3.36. The summed E-state index contributed by atoms with van der Waals surface area (Å²) in [4.78, 5) is 10.7. The van der Waals surface area contributed by atoms with Gasteiger partial charge in [-0.15, -0.1) is 0 Å². The summed E-state index contributed by atoms with van der Waals surface area (Å²) in [5, 5.41) is 7.31. The number of thioether (sulfide) groups is 1. The van der Waals surface area contributed by atoms with E-state index in [0.717, 1.165) is 25.7 Å². The van der Waals surface area contributed by atoms with Crippen molar-refractivity contribution in [2.45, 2.75) is 42.6 Å². The molecule has 7 heteroatoms. The van der Waals surface area contributed by atoms with Crippen LogP contribution in [0.3, 0.4) is 0 Å². The van der Waals surface area contributed by atoms with Crippen LogP contribution < -0.4 is 4.72 Å². The summed E-state index contributed by atoms with van der Waals surface area (Å²) in [6.45, 7) is 1.51. The summed E-state index contributed by atoms with van der Waals surface area (Å²) in [6.07, 6.45) is 6.16. The van der Waals surface area contributed by atoms with Gasteiger partial charge in [0.25, 0.3) is 0 Å². The SMILES string of the molecule is CSC1(CNS(=O)(=O)C(C)C(=O)O)CCCC1. The fourth-order valence-corrected chi connectivity index (χ4v) is 3.96. The topological polar surface area (TPSA) is 83.5 Å². The Morgan fingerprint density at radius 2 is 2.00 bits per heavy atom. The number of hydrogen-bond donors (Lipinski definition) is 2. The largest absolute Gasteiger partial charge is 0.480 e. The van der Waals surface area contributed by atoms with E-state index in [1.165, 1.54) is 6.92 Å². The summed E-state index contributed by atoms with van der Waals surface area (Å²) in [5.41, 5.74) is 0. The minimum absolute atomic E-state index is 0.0503. The quantitative estimate of drug-likeness (QED) is 0.760. The molecule has 1 saturated carbocycles. The molecule has 0 aromatic rings. The predicted molar refractivity (Wildman–Crippen MR) is 68.7 cm³/mol. The maximum Gasteiger partial charge on any atom is 0.323 e. The van der Waals surface area contributed by atoms with Gasteiger partial charge in [-0.25, -0.2) is 13.1 Å². The third-order valence-corrected chi connectivity index (χ3v) is 6.45. The molecule has 1 aliphatic carbocycles. The Kier molecular flexibility index (Phi) is 4.86. The molecule has 1 unspecified atom stereocenters. The van der Waals surface area contributed by atoms with Gasteiger partial charge in [-0.05, 0) is 26.0 Å². The first kappa shape index (κ1) is 14.8. The number of rotatable bonds is 6. The molecule has 0 aromatic heterocycles. The zero-order valence-electron chi connectivity index (χ0n) is 10.1. The molecule has 0 heterocycles. The zero-order chi connectivity index (χ0) is 13.1. The molecular formula is C10H19NO4S2. The van der Waals surface area contributed by atoms with Crippen LogP contribution >= 0.6 is 11.8 Å². The summed E-state index contributed by atoms with van der Waals surface area (Å²) < 4.78 is 25.8. The highest BCUT2D eigenvalue weighted by Gasteiger charge is 2.36. The van der Waals surface area contributed by atoms with E-state index in [0.29, 0.717) is 6.54 Å². The third kappa shape index (κ3) is 3.59. The van der Waals surface area contributed by atoms with Crippen LogP contribution in [0.25, 0.3) is 0 Å². The predicted octanol–water partition coefficient (Wildman–Crippen LogP) is 1.05. The van der Waals surface area contributed by atoms with Gasteiger partial charge in [0.2, 0.25) is 10.0 Å². The number of carbonyl (C=O) groups is 1. The molecular weight excluding hydrogens is 262 g/mol. The van der Waals surface area contributed by atoms with Gasteiger partial charge in [0.1, 0.15) is 0 Å². The second kappa shape index (κ2) is 5.58. The lowest BCUT2D eigenvalue weighted by atomic mass is 10.1. The first-order valence-electron chi connectivity index (χ1n) is 5.59. The normalized spacial score (nSPS) is 21.3. The van der Waals surface area contributed by atoms with Crippen LogP contribution in [0.4, 0.5) is 0 Å². The van der Waals surface area contributed by atoms with E-state index in [4.69, 9.17) is 5.11 Å². The van der Waals surface area contributed by atoms with Crippen LogP contribution in [0.2, 0.25) is 0 Å². The first-order chi connectivity index (χ1) is 7.83. The smallest absolute Gasteiger partial charge is 0.323 e. The molecule has 1 atom stereocenters. The Hall–Kier alpha value is -0.270. The van der Waals surface area contributed by atoms with Gasteiger partial charge in [0, 0.05) is 11.3 Å². The maximum absolute atomic E-state index is 11.7. The molecule has 1 aliphatic rings. The van der Waals surface area contributed by atoms with Crippen LogP contribution in [0.15, 0.2) is 0 Å². The molecule has 0 saturated heterocycles. The van der Waals surface area contributed by atoms with Crippen molar-refractivity contribution >= 4 is 27.8 Å². The Bertz CT molecular complexity index is 374. The number of nitrogens with one attached hydrogen (secondary N) is 1. The summed E-state index contributed by atoms with van der Waals surface area (Å²) in [7, 11) is -3.76. The van der Waals surface area contributed by atoms with Gasteiger partial charge < -0.3 is 5.11 Å². The molecule has 0 aliphatic heterocycles. The van der Waals surface area contributed by atoms with Crippen molar-refractivity contribution in [2.24, 2.45) is 0 Å². The number of carboxylic acid groups (broad SMARTS) is 1. The van der Waals surface area contributed by atoms with Gasteiger partial charge in [-0.2, -0.15) is 11.8 Å². The molecule has 1 rings (SSSR count). The highest BCUT2D eigenvalue weighted by molar-refractivity contribution is 8.00. The van der Waals surface area contributed by atoms with Crippen molar-refractivity contribution in [3.8, 4) is 0 Å². The zero-order valence-corrected chi connectivity index (χ0v) is 11.7. The average molecular weight is 281 g/mol. The van der Waals surface area contributed by atoms with Gasteiger partial charge in [-0.3, -0.25) is 4.79 Å². The number of carboxylic acids is 1. The van der Waals surface area contributed by atoms with Crippen molar-refractivity contribution < 1.29 is 18.3 Å². The minimum Gasteiger partial charge on any atom is -0.480 e. The van der Waals surface area contributed by atoms with Gasteiger partial charge in [0.15, 0.2) is 5.25 Å². The fraction of sp³-hybridized carbons (Fsp3) is 0.900. The summed E-state index contributed by atoms with van der Waals surface area (Å²) >= 11 is 1.67. The number of hydrogen-bond acceptors (Lipinski definition) is 4. The van der Waals surface area contributed by atoms with Crippen molar-refractivity contribution in [2.75, 3.05) is 12.8 Å². The standard InChI is InChI=1S/C10H19NO4S2/c1-8(9(12)13)17(14,15)11-7-10(16-2)5-3-4-6-10/h8,11H,3-7H2,1-2H3,(H,12,13). The van der Waals surface area contributed by atoms with Crippen molar-refractivity contribution in [1.82, 2.24) is 4.72 Å². The second-order valence-corrected chi connectivity index (χ2v) is 7.80. The highest BCUT2D eigenvalue weighted by atomic mass is 32.2. The lowest BCUT2D eigenvalue weighted by Crippen LogP contribution is -2.44. The molecule has 17 heavy (non-hydrogen) atoms. The van der Waals surface area contributed by atoms with Crippen molar-refractivity contribution in [3.05, 3.63) is 0 Å². The van der Waals surface area contributed by atoms with E-state index in [-0.39, 0.29) is 4.75 Å². The van der Waals surface area contributed by atoms with Crippen LogP contribution in [-0.4, -0.2) is 42.3 Å². The van der Waals surface area contributed by atoms with E-state index in [1.807, 2.05) is 6.26 Å². The molecule has 0 spiro atoms. The fourth-order valence-electron chi connectivity index (χ4n) is 1.96. The monoisotopic (exact) mass is 281 g/mol. The molecule has 0 radical (unpaired) electrons. The van der Waals surface area contributed by atoms with Gasteiger partial charge >= 0.3 is 5.97 Å². The Labute approximate surface area is 106 Å². The second-order valence-electron chi connectivity index (χ2n) is 4.44. The van der Waals surface area contributed by atoms with Crippen molar-refractivity contribution in [3.63, 3.8) is 0 Å². The van der Waals surface area contributed by atoms with Gasteiger partial charge in [0.05, 0.1) is 0 Å². The Morgan fingerprint density at radius 3 is 2.41 bits per heavy atom. The van der Waals surface area contributed by atoms with Crippen LogP contribution in [0.5, 0.6) is 0 Å². The molecule has 0 bridgehead atoms. The molecule has 1 fully saturated rings. The first-order valence-corrected chi connectivity index (χ1v) is 8.36. The van der Waals surface area contributed by atoms with Gasteiger partial charge in [-0.1, -0.05) is 12.8 Å². The highest BCUT2D eigenvalue weighted by Crippen LogP contribution is 2.39. The van der Waals surface area contributed by atoms with E-state index in [2.05, 4.69) is 4.72 Å². The van der Waals surface area contributed by atoms with Crippen LogP contribution in [0.1, 0.15) is 32.6 Å². The summed E-state index contributed by atoms with van der Waals surface area (Å²) in [6, 6.07) is 0. The Balaban J connectivity index is 2.63. The molecule has 0 amide bonds. The maximum atomic E-state index is 11.7. The average Bonchev–Trinajstić information content (AvgIpc) is 2.75. The van der Waals surface area contributed by atoms with E-state index in [1.54, 1.807) is 11.8 Å². The molecule has 100 valence electrons.